The zero-order valence-electron chi connectivity index (χ0n) is 16.2. The van der Waals surface area contributed by atoms with Crippen molar-refractivity contribution >= 4 is 5.91 Å². The Labute approximate surface area is 169 Å². The summed E-state index contributed by atoms with van der Waals surface area (Å²) < 4.78 is 15.2. The molecule has 7 heteroatoms. The number of nitrogens with zero attached hydrogens (tertiary/aromatic N) is 4. The van der Waals surface area contributed by atoms with Crippen molar-refractivity contribution < 1.29 is 9.18 Å². The summed E-state index contributed by atoms with van der Waals surface area (Å²) in [7, 11) is 0. The quantitative estimate of drug-likeness (QED) is 0.698. The van der Waals surface area contributed by atoms with Crippen molar-refractivity contribution in [2.24, 2.45) is 0 Å². The largest absolute Gasteiger partial charge is 0.349 e. The molecule has 0 saturated carbocycles. The van der Waals surface area contributed by atoms with Gasteiger partial charge in [-0.25, -0.2) is 4.39 Å². The third-order valence-electron chi connectivity index (χ3n) is 5.17. The summed E-state index contributed by atoms with van der Waals surface area (Å²) in [5.74, 6) is 1.49. The molecule has 1 amide bonds. The summed E-state index contributed by atoms with van der Waals surface area (Å²) in [4.78, 5) is 14.6. The number of halogens is 1. The molecule has 1 aliphatic rings. The molecule has 150 valence electrons. The van der Waals surface area contributed by atoms with Crippen LogP contribution in [0.1, 0.15) is 22.8 Å². The van der Waals surface area contributed by atoms with Crippen molar-refractivity contribution in [3.63, 3.8) is 0 Å². The molecular formula is C22H24FN5O. The molecule has 0 saturated heterocycles. The molecule has 0 radical (unpaired) electrons. The molecule has 0 aliphatic carbocycles. The predicted octanol–water partition coefficient (Wildman–Crippen LogP) is 2.33. The fraction of sp³-hybridized carbons (Fsp3) is 0.318. The SMILES string of the molecule is O=C(Cc1ccccc1)NCc1nnc2n1CCN(Cc1ccc(F)cc1)CC2. The van der Waals surface area contributed by atoms with Crippen LogP contribution in [0, 0.1) is 5.82 Å². The maximum Gasteiger partial charge on any atom is 0.224 e. The molecule has 6 nitrogen and oxygen atoms in total. The van der Waals surface area contributed by atoms with Crippen LogP contribution >= 0.6 is 0 Å². The van der Waals surface area contributed by atoms with Crippen LogP contribution in [0.3, 0.4) is 0 Å². The highest BCUT2D eigenvalue weighted by Crippen LogP contribution is 2.13. The molecular weight excluding hydrogens is 369 g/mol. The van der Waals surface area contributed by atoms with Crippen molar-refractivity contribution in [2.45, 2.75) is 32.5 Å². The lowest BCUT2D eigenvalue weighted by atomic mass is 10.1. The third kappa shape index (κ3) is 5.06. The maximum atomic E-state index is 13.1. The van der Waals surface area contributed by atoms with Gasteiger partial charge in [0.15, 0.2) is 5.82 Å². The predicted molar refractivity (Wildman–Crippen MR) is 107 cm³/mol. The summed E-state index contributed by atoms with van der Waals surface area (Å²) >= 11 is 0. The van der Waals surface area contributed by atoms with E-state index in [2.05, 4.69) is 25.0 Å². The topological polar surface area (TPSA) is 63.1 Å². The number of fused-ring (bicyclic) bond motifs is 1. The molecule has 0 atom stereocenters. The Kier molecular flexibility index (Phi) is 5.95. The highest BCUT2D eigenvalue weighted by atomic mass is 19.1. The fourth-order valence-electron chi connectivity index (χ4n) is 3.59. The van der Waals surface area contributed by atoms with Gasteiger partial charge in [0.2, 0.25) is 5.91 Å². The van der Waals surface area contributed by atoms with Crippen LogP contribution in [0.2, 0.25) is 0 Å². The first-order valence-electron chi connectivity index (χ1n) is 9.86. The van der Waals surface area contributed by atoms with Crippen LogP contribution in [0.4, 0.5) is 4.39 Å². The van der Waals surface area contributed by atoms with Gasteiger partial charge in [0.1, 0.15) is 11.6 Å². The fourth-order valence-corrected chi connectivity index (χ4v) is 3.59. The smallest absolute Gasteiger partial charge is 0.224 e. The van der Waals surface area contributed by atoms with Crippen LogP contribution in [-0.4, -0.2) is 38.7 Å². The molecule has 29 heavy (non-hydrogen) atoms. The van der Waals surface area contributed by atoms with E-state index in [1.54, 1.807) is 0 Å². The first kappa shape index (κ1) is 19.3. The van der Waals surface area contributed by atoms with Crippen LogP contribution in [-0.2, 0) is 37.3 Å². The lowest BCUT2D eigenvalue weighted by Crippen LogP contribution is -2.28. The third-order valence-corrected chi connectivity index (χ3v) is 5.17. The highest BCUT2D eigenvalue weighted by Gasteiger charge is 2.19. The minimum Gasteiger partial charge on any atom is -0.349 e. The highest BCUT2D eigenvalue weighted by molar-refractivity contribution is 5.78. The second-order valence-electron chi connectivity index (χ2n) is 7.28. The number of rotatable bonds is 6. The van der Waals surface area contributed by atoms with Crippen molar-refractivity contribution in [3.8, 4) is 0 Å². The van der Waals surface area contributed by atoms with E-state index < -0.39 is 0 Å². The van der Waals surface area contributed by atoms with Crippen LogP contribution in [0.25, 0.3) is 0 Å². The minimum atomic E-state index is -0.213. The number of benzene rings is 2. The Morgan fingerprint density at radius 2 is 1.76 bits per heavy atom. The Hall–Kier alpha value is -3.06. The van der Waals surface area contributed by atoms with Crippen molar-refractivity contribution in [1.29, 1.82) is 0 Å². The first-order valence-corrected chi connectivity index (χ1v) is 9.86. The van der Waals surface area contributed by atoms with E-state index in [4.69, 9.17) is 0 Å². The summed E-state index contributed by atoms with van der Waals surface area (Å²) in [6, 6.07) is 16.3. The summed E-state index contributed by atoms with van der Waals surface area (Å²) in [6.45, 7) is 3.65. The molecule has 1 aromatic heterocycles. The van der Waals surface area contributed by atoms with Gasteiger partial charge in [-0.3, -0.25) is 9.69 Å². The van der Waals surface area contributed by atoms with Crippen molar-refractivity contribution in [1.82, 2.24) is 25.0 Å². The van der Waals surface area contributed by atoms with Gasteiger partial charge in [0.05, 0.1) is 13.0 Å². The van der Waals surface area contributed by atoms with Gasteiger partial charge in [0, 0.05) is 32.6 Å². The number of amides is 1. The van der Waals surface area contributed by atoms with Gasteiger partial charge >= 0.3 is 0 Å². The average Bonchev–Trinajstić information content (AvgIpc) is 3.01. The molecule has 4 rings (SSSR count). The Morgan fingerprint density at radius 1 is 0.966 bits per heavy atom. The van der Waals surface area contributed by atoms with Crippen molar-refractivity contribution in [3.05, 3.63) is 83.2 Å². The molecule has 2 aromatic carbocycles. The average molecular weight is 393 g/mol. The number of carbonyl (C=O) groups excluding carboxylic acids is 1. The summed E-state index contributed by atoms with van der Waals surface area (Å²) in [6.07, 6.45) is 1.15. The van der Waals surface area contributed by atoms with Crippen LogP contribution < -0.4 is 5.32 Å². The summed E-state index contributed by atoms with van der Waals surface area (Å²) in [5.41, 5.74) is 2.08. The molecule has 0 spiro atoms. The number of aromatic nitrogens is 3. The lowest BCUT2D eigenvalue weighted by Gasteiger charge is -2.19. The zero-order valence-corrected chi connectivity index (χ0v) is 16.2. The van der Waals surface area contributed by atoms with E-state index >= 15 is 0 Å². The standard InChI is InChI=1S/C22H24FN5O/c23-19-8-6-18(7-9-19)16-27-11-10-20-25-26-21(28(20)13-12-27)15-24-22(29)14-17-4-2-1-3-5-17/h1-9H,10-16H2,(H,24,29). The van der Waals surface area contributed by atoms with E-state index in [-0.39, 0.29) is 11.7 Å². The first-order chi connectivity index (χ1) is 14.2. The normalized spacial score (nSPS) is 14.2. The Morgan fingerprint density at radius 3 is 2.55 bits per heavy atom. The summed E-state index contributed by atoms with van der Waals surface area (Å²) in [5, 5.41) is 11.5. The van der Waals surface area contributed by atoms with Gasteiger partial charge in [-0.1, -0.05) is 42.5 Å². The zero-order chi connectivity index (χ0) is 20.1. The van der Waals surface area contributed by atoms with Gasteiger partial charge in [-0.2, -0.15) is 0 Å². The monoisotopic (exact) mass is 393 g/mol. The molecule has 3 aromatic rings. The molecule has 0 bridgehead atoms. The Balaban J connectivity index is 1.32. The molecule has 1 N–H and O–H groups in total. The number of hydrogen-bond donors (Lipinski definition) is 1. The Bertz CT molecular complexity index is 955. The maximum absolute atomic E-state index is 13.1. The number of carbonyl (C=O) groups is 1. The minimum absolute atomic E-state index is 0.0277. The van der Waals surface area contributed by atoms with Crippen molar-refractivity contribution in [2.75, 3.05) is 13.1 Å². The van der Waals surface area contributed by atoms with Gasteiger partial charge < -0.3 is 9.88 Å². The van der Waals surface area contributed by atoms with Crippen LogP contribution in [0.5, 0.6) is 0 Å². The number of nitrogens with one attached hydrogen (secondary N) is 1. The molecule has 0 fully saturated rings. The van der Waals surface area contributed by atoms with E-state index in [0.717, 1.165) is 55.4 Å². The molecule has 2 heterocycles. The van der Waals surface area contributed by atoms with Gasteiger partial charge in [-0.15, -0.1) is 10.2 Å². The number of hydrogen-bond acceptors (Lipinski definition) is 4. The molecule has 1 aliphatic heterocycles. The van der Waals surface area contributed by atoms with E-state index in [1.165, 1.54) is 12.1 Å². The molecule has 0 unspecified atom stereocenters. The second kappa shape index (κ2) is 8.96. The second-order valence-corrected chi connectivity index (χ2v) is 7.28. The van der Waals surface area contributed by atoms with E-state index in [0.29, 0.717) is 13.0 Å². The lowest BCUT2D eigenvalue weighted by molar-refractivity contribution is -0.120. The van der Waals surface area contributed by atoms with Gasteiger partial charge in [-0.05, 0) is 23.3 Å². The van der Waals surface area contributed by atoms with E-state index in [1.807, 2.05) is 42.5 Å². The van der Waals surface area contributed by atoms with Crippen LogP contribution in [0.15, 0.2) is 54.6 Å². The van der Waals surface area contributed by atoms with E-state index in [9.17, 15) is 9.18 Å². The van der Waals surface area contributed by atoms with Gasteiger partial charge in [0.25, 0.3) is 0 Å².